The lowest BCUT2D eigenvalue weighted by atomic mass is 9.75. The first-order valence-electron chi connectivity index (χ1n) is 7.30. The molecule has 4 heteroatoms. The van der Waals surface area contributed by atoms with Gasteiger partial charge in [-0.1, -0.05) is 20.8 Å². The molecule has 0 saturated carbocycles. The summed E-state index contributed by atoms with van der Waals surface area (Å²) in [6.45, 7) is 12.7. The summed E-state index contributed by atoms with van der Waals surface area (Å²) in [5, 5.41) is 9.09. The zero-order chi connectivity index (χ0) is 14.8. The van der Waals surface area contributed by atoms with Crippen molar-refractivity contribution in [2.24, 2.45) is 17.1 Å². The van der Waals surface area contributed by atoms with E-state index in [9.17, 15) is 4.79 Å². The molecule has 1 rings (SSSR count). The molecule has 1 saturated heterocycles. The van der Waals surface area contributed by atoms with Crippen molar-refractivity contribution in [1.29, 1.82) is 0 Å². The molecule has 19 heavy (non-hydrogen) atoms. The van der Waals surface area contributed by atoms with Gasteiger partial charge in [0, 0.05) is 6.04 Å². The molecule has 2 atom stereocenters. The molecule has 0 spiro atoms. The van der Waals surface area contributed by atoms with Crippen LogP contribution in [0.15, 0.2) is 0 Å². The normalized spacial score (nSPS) is 23.9. The molecule has 4 nitrogen and oxygen atoms in total. The third-order valence-corrected chi connectivity index (χ3v) is 4.59. The number of nitrogens with two attached hydrogens (primary N) is 1. The van der Waals surface area contributed by atoms with Crippen molar-refractivity contribution in [2.45, 2.75) is 65.5 Å². The van der Waals surface area contributed by atoms with Crippen molar-refractivity contribution >= 4 is 5.97 Å². The van der Waals surface area contributed by atoms with E-state index in [0.717, 1.165) is 19.0 Å². The lowest BCUT2D eigenvalue weighted by Gasteiger charge is -2.42. The second kappa shape index (κ2) is 5.80. The number of carbonyl (C=O) groups is 1. The highest BCUT2D eigenvalue weighted by Gasteiger charge is 2.34. The van der Waals surface area contributed by atoms with Gasteiger partial charge in [-0.3, -0.25) is 4.79 Å². The van der Waals surface area contributed by atoms with Crippen LogP contribution in [0.3, 0.4) is 0 Å². The second-order valence-electron chi connectivity index (χ2n) is 7.45. The maximum Gasteiger partial charge on any atom is 0.323 e. The van der Waals surface area contributed by atoms with Crippen molar-refractivity contribution in [2.75, 3.05) is 13.1 Å². The number of likely N-dealkylation sites (tertiary alicyclic amines) is 1. The number of rotatable bonds is 4. The van der Waals surface area contributed by atoms with Crippen LogP contribution in [0.5, 0.6) is 0 Å². The molecule has 0 bridgehead atoms. The molecule has 112 valence electrons. The summed E-state index contributed by atoms with van der Waals surface area (Å²) >= 11 is 0. The summed E-state index contributed by atoms with van der Waals surface area (Å²) in [6.07, 6.45) is 2.90. The number of piperidine rings is 1. The van der Waals surface area contributed by atoms with Crippen LogP contribution in [0, 0.1) is 11.3 Å². The predicted molar refractivity (Wildman–Crippen MR) is 78.1 cm³/mol. The fourth-order valence-corrected chi connectivity index (χ4v) is 3.04. The molecule has 0 amide bonds. The fourth-order valence-electron chi connectivity index (χ4n) is 3.04. The minimum Gasteiger partial charge on any atom is -0.480 e. The molecule has 0 aromatic heterocycles. The number of nitrogens with zero attached hydrogens (tertiary/aromatic N) is 1. The third-order valence-electron chi connectivity index (χ3n) is 4.59. The Balaban J connectivity index is 2.50. The second-order valence-corrected chi connectivity index (χ2v) is 7.45. The molecule has 3 N–H and O–H groups in total. The molecule has 1 fully saturated rings. The number of carboxylic acids is 1. The van der Waals surface area contributed by atoms with Gasteiger partial charge < -0.3 is 15.7 Å². The largest absolute Gasteiger partial charge is 0.480 e. The average molecular weight is 270 g/mol. The van der Waals surface area contributed by atoms with E-state index in [4.69, 9.17) is 10.8 Å². The molecule has 0 radical (unpaired) electrons. The molecular formula is C15H30N2O2. The van der Waals surface area contributed by atoms with Crippen molar-refractivity contribution < 1.29 is 9.90 Å². The van der Waals surface area contributed by atoms with E-state index in [2.05, 4.69) is 32.6 Å². The first-order valence-corrected chi connectivity index (χ1v) is 7.30. The Morgan fingerprint density at radius 3 is 2.16 bits per heavy atom. The highest BCUT2D eigenvalue weighted by molar-refractivity contribution is 5.77. The van der Waals surface area contributed by atoms with Crippen molar-refractivity contribution in [3.05, 3.63) is 0 Å². The van der Waals surface area contributed by atoms with Crippen LogP contribution in [0.4, 0.5) is 0 Å². The van der Waals surface area contributed by atoms with E-state index in [1.807, 2.05) is 0 Å². The predicted octanol–water partition coefficient (Wildman–Crippen LogP) is 2.33. The standard InChI is InChI=1S/C15H30N2O2/c1-11(10-15(5,16)13(18)19)17-8-6-12(7-9-17)14(2,3)4/h11-12H,6-10,16H2,1-5H3,(H,18,19). The van der Waals surface area contributed by atoms with Crippen molar-refractivity contribution in [3.63, 3.8) is 0 Å². The number of hydrogen-bond donors (Lipinski definition) is 2. The Morgan fingerprint density at radius 2 is 1.79 bits per heavy atom. The van der Waals surface area contributed by atoms with Crippen molar-refractivity contribution in [3.8, 4) is 0 Å². The van der Waals surface area contributed by atoms with E-state index >= 15 is 0 Å². The summed E-state index contributed by atoms with van der Waals surface area (Å²) in [5.41, 5.74) is 5.09. The molecule has 1 heterocycles. The lowest BCUT2D eigenvalue weighted by molar-refractivity contribution is -0.143. The summed E-state index contributed by atoms with van der Waals surface area (Å²) in [4.78, 5) is 13.5. The number of aliphatic carboxylic acids is 1. The molecule has 0 aromatic rings. The van der Waals surface area contributed by atoms with Crippen LogP contribution < -0.4 is 5.73 Å². The molecule has 1 aliphatic heterocycles. The first kappa shape index (κ1) is 16.4. The van der Waals surface area contributed by atoms with E-state index < -0.39 is 11.5 Å². The minimum absolute atomic E-state index is 0.229. The van der Waals surface area contributed by atoms with Gasteiger partial charge in [0.25, 0.3) is 0 Å². The molecular weight excluding hydrogens is 240 g/mol. The van der Waals surface area contributed by atoms with Gasteiger partial charge >= 0.3 is 5.97 Å². The molecule has 1 aliphatic rings. The van der Waals surface area contributed by atoms with E-state index in [0.29, 0.717) is 11.8 Å². The Labute approximate surface area is 117 Å². The SMILES string of the molecule is CC(CC(C)(N)C(=O)O)N1CCC(C(C)(C)C)CC1. The van der Waals surface area contributed by atoms with Gasteiger partial charge in [-0.25, -0.2) is 0 Å². The van der Waals surface area contributed by atoms with Crippen LogP contribution in [0.2, 0.25) is 0 Å². The zero-order valence-electron chi connectivity index (χ0n) is 13.1. The fraction of sp³-hybridized carbons (Fsp3) is 0.933. The summed E-state index contributed by atoms with van der Waals surface area (Å²) < 4.78 is 0. The maximum atomic E-state index is 11.1. The van der Waals surface area contributed by atoms with Crippen LogP contribution in [0.25, 0.3) is 0 Å². The zero-order valence-corrected chi connectivity index (χ0v) is 13.1. The Morgan fingerprint density at radius 1 is 1.32 bits per heavy atom. The highest BCUT2D eigenvalue weighted by Crippen LogP contribution is 2.35. The summed E-state index contributed by atoms with van der Waals surface area (Å²) in [6, 6.07) is 0.229. The first-order chi connectivity index (χ1) is 8.54. The smallest absolute Gasteiger partial charge is 0.323 e. The van der Waals surface area contributed by atoms with Crippen molar-refractivity contribution in [1.82, 2.24) is 4.90 Å². The van der Waals surface area contributed by atoms with Crippen LogP contribution in [0.1, 0.15) is 53.9 Å². The Hall–Kier alpha value is -0.610. The lowest BCUT2D eigenvalue weighted by Crippen LogP contribution is -2.51. The van der Waals surface area contributed by atoms with Crippen LogP contribution >= 0.6 is 0 Å². The number of carboxylic acid groups (broad SMARTS) is 1. The quantitative estimate of drug-likeness (QED) is 0.823. The highest BCUT2D eigenvalue weighted by atomic mass is 16.4. The Kier molecular flexibility index (Phi) is 5.02. The minimum atomic E-state index is -1.12. The molecule has 0 aromatic carbocycles. The average Bonchev–Trinajstić information content (AvgIpc) is 2.27. The van der Waals surface area contributed by atoms with Crippen LogP contribution in [-0.2, 0) is 4.79 Å². The monoisotopic (exact) mass is 270 g/mol. The van der Waals surface area contributed by atoms with Gasteiger partial charge in [0.2, 0.25) is 0 Å². The summed E-state index contributed by atoms with van der Waals surface area (Å²) in [7, 11) is 0. The van der Waals surface area contributed by atoms with Gasteiger partial charge in [0.1, 0.15) is 5.54 Å². The Bertz CT molecular complexity index is 313. The molecule has 0 aliphatic carbocycles. The topological polar surface area (TPSA) is 66.6 Å². The van der Waals surface area contributed by atoms with Gasteiger partial charge in [0.15, 0.2) is 0 Å². The van der Waals surface area contributed by atoms with E-state index in [1.165, 1.54) is 12.8 Å². The third kappa shape index (κ3) is 4.46. The van der Waals surface area contributed by atoms with Gasteiger partial charge in [-0.2, -0.15) is 0 Å². The van der Waals surface area contributed by atoms with Crippen LogP contribution in [-0.4, -0.2) is 40.6 Å². The summed E-state index contributed by atoms with van der Waals surface area (Å²) in [5.74, 6) is -0.149. The van der Waals surface area contributed by atoms with E-state index in [-0.39, 0.29) is 6.04 Å². The van der Waals surface area contributed by atoms with Gasteiger partial charge in [0.05, 0.1) is 0 Å². The molecule has 2 unspecified atom stereocenters. The van der Waals surface area contributed by atoms with E-state index in [1.54, 1.807) is 6.92 Å². The maximum absolute atomic E-state index is 11.1. The number of hydrogen-bond acceptors (Lipinski definition) is 3. The van der Waals surface area contributed by atoms with Gasteiger partial charge in [-0.15, -0.1) is 0 Å². The van der Waals surface area contributed by atoms with Gasteiger partial charge in [-0.05, 0) is 57.5 Å².